The number of fused-ring (bicyclic) bond motifs is 1. The molecule has 2 aliphatic rings. The van der Waals surface area contributed by atoms with Crippen molar-refractivity contribution in [3.63, 3.8) is 0 Å². The van der Waals surface area contributed by atoms with E-state index in [2.05, 4.69) is 46.1 Å². The lowest BCUT2D eigenvalue weighted by atomic mass is 10.0. The molecule has 2 aliphatic heterocycles. The maximum absolute atomic E-state index is 12.2. The highest BCUT2D eigenvalue weighted by Crippen LogP contribution is 2.28. The molecule has 4 rings (SSSR count). The summed E-state index contributed by atoms with van der Waals surface area (Å²) in [5.41, 5.74) is 2.46. The van der Waals surface area contributed by atoms with E-state index in [-0.39, 0.29) is 12.1 Å². The Kier molecular flexibility index (Phi) is 4.86. The summed E-state index contributed by atoms with van der Waals surface area (Å²) in [4.78, 5) is 4.70. The smallest absolute Gasteiger partial charge is 0.153 e. The van der Waals surface area contributed by atoms with E-state index in [0.29, 0.717) is 11.5 Å². The van der Waals surface area contributed by atoms with Crippen LogP contribution >= 0.6 is 0 Å². The van der Waals surface area contributed by atoms with E-state index in [4.69, 9.17) is 0 Å². The Morgan fingerprint density at radius 3 is 2.23 bits per heavy atom. The maximum Gasteiger partial charge on any atom is 0.153 e. The monoisotopic (exact) mass is 374 g/mol. The van der Waals surface area contributed by atoms with E-state index >= 15 is 0 Å². The topological polar surface area (TPSA) is 58.4 Å². The van der Waals surface area contributed by atoms with Crippen LogP contribution in [0, 0.1) is 0 Å². The van der Waals surface area contributed by atoms with Crippen molar-refractivity contribution in [1.29, 1.82) is 0 Å². The highest BCUT2D eigenvalue weighted by Gasteiger charge is 2.45. The van der Waals surface area contributed by atoms with Gasteiger partial charge in [0.1, 0.15) is 0 Å². The molecule has 1 aromatic heterocycles. The van der Waals surface area contributed by atoms with Gasteiger partial charge in [0, 0.05) is 44.1 Å². The third kappa shape index (κ3) is 3.70. The zero-order valence-corrected chi connectivity index (χ0v) is 16.0. The zero-order valence-electron chi connectivity index (χ0n) is 15.2. The van der Waals surface area contributed by atoms with Crippen molar-refractivity contribution >= 4 is 9.84 Å². The summed E-state index contributed by atoms with van der Waals surface area (Å²) in [7, 11) is -2.93. The highest BCUT2D eigenvalue weighted by atomic mass is 32.2. The van der Waals surface area contributed by atoms with Crippen LogP contribution in [0.25, 0.3) is 0 Å². The molecule has 0 spiro atoms. The van der Waals surface area contributed by atoms with E-state index in [1.807, 2.05) is 16.9 Å². The molecule has 7 heteroatoms. The Balaban J connectivity index is 1.45. The van der Waals surface area contributed by atoms with E-state index in [1.54, 1.807) is 6.20 Å². The summed E-state index contributed by atoms with van der Waals surface area (Å²) >= 11 is 0. The minimum atomic E-state index is -2.93. The van der Waals surface area contributed by atoms with Gasteiger partial charge in [0.15, 0.2) is 9.84 Å². The van der Waals surface area contributed by atoms with Crippen LogP contribution in [0.1, 0.15) is 18.1 Å². The van der Waals surface area contributed by atoms with Crippen LogP contribution in [0.5, 0.6) is 0 Å². The molecule has 1 aromatic carbocycles. The van der Waals surface area contributed by atoms with Gasteiger partial charge in [-0.25, -0.2) is 8.42 Å². The molecule has 26 heavy (non-hydrogen) atoms. The molecule has 0 amide bonds. The summed E-state index contributed by atoms with van der Waals surface area (Å²) < 4.78 is 26.3. The lowest BCUT2D eigenvalue weighted by Crippen LogP contribution is -2.58. The Labute approximate surface area is 155 Å². The Morgan fingerprint density at radius 1 is 1.00 bits per heavy atom. The third-order valence-corrected chi connectivity index (χ3v) is 7.32. The van der Waals surface area contributed by atoms with Gasteiger partial charge in [-0.05, 0) is 23.7 Å². The lowest BCUT2D eigenvalue weighted by molar-refractivity contribution is 0.0439. The molecule has 0 unspecified atom stereocenters. The van der Waals surface area contributed by atoms with Crippen LogP contribution < -0.4 is 0 Å². The maximum atomic E-state index is 12.2. The molecule has 2 saturated heterocycles. The first-order chi connectivity index (χ1) is 12.5. The molecule has 0 aliphatic carbocycles. The van der Waals surface area contributed by atoms with Crippen LogP contribution in [0.3, 0.4) is 0 Å². The van der Waals surface area contributed by atoms with Crippen molar-refractivity contribution in [1.82, 2.24) is 19.6 Å². The standard InChI is InChI=1S/C19H26N4O2S/c1-2-21-10-11-22(19-15-26(24,25)14-18(19)21)12-16-4-6-17(7-5-16)13-23-9-3-8-20-23/h3-9,18-19H,2,10-15H2,1H3/t18-,19+/m1/s1. The molecule has 0 radical (unpaired) electrons. The van der Waals surface area contributed by atoms with Gasteiger partial charge in [0.05, 0.1) is 18.1 Å². The Bertz CT molecular complexity index is 833. The van der Waals surface area contributed by atoms with Crippen molar-refractivity contribution in [3.05, 3.63) is 53.9 Å². The summed E-state index contributed by atoms with van der Waals surface area (Å²) in [6.07, 6.45) is 3.75. The molecule has 2 aromatic rings. The first-order valence-electron chi connectivity index (χ1n) is 9.28. The average molecular weight is 375 g/mol. The second kappa shape index (κ2) is 7.13. The largest absolute Gasteiger partial charge is 0.297 e. The second-order valence-corrected chi connectivity index (χ2v) is 9.48. The van der Waals surface area contributed by atoms with Gasteiger partial charge < -0.3 is 0 Å². The van der Waals surface area contributed by atoms with E-state index in [9.17, 15) is 8.42 Å². The zero-order chi connectivity index (χ0) is 18.1. The first-order valence-corrected chi connectivity index (χ1v) is 11.1. The predicted molar refractivity (Wildman–Crippen MR) is 102 cm³/mol. The molecule has 0 bridgehead atoms. The van der Waals surface area contributed by atoms with Gasteiger partial charge in [-0.3, -0.25) is 14.5 Å². The summed E-state index contributed by atoms with van der Waals surface area (Å²) in [6.45, 7) is 6.51. The number of piperazine rings is 1. The normalized spacial score (nSPS) is 26.0. The fourth-order valence-corrected chi connectivity index (χ4v) is 6.29. The highest BCUT2D eigenvalue weighted by molar-refractivity contribution is 7.91. The van der Waals surface area contributed by atoms with Gasteiger partial charge in [0.25, 0.3) is 0 Å². The van der Waals surface area contributed by atoms with Crippen LogP contribution in [0.15, 0.2) is 42.7 Å². The lowest BCUT2D eigenvalue weighted by Gasteiger charge is -2.43. The van der Waals surface area contributed by atoms with Crippen molar-refractivity contribution < 1.29 is 8.42 Å². The predicted octanol–water partition coefficient (Wildman–Crippen LogP) is 1.23. The van der Waals surface area contributed by atoms with Crippen molar-refractivity contribution in [2.24, 2.45) is 0 Å². The van der Waals surface area contributed by atoms with Crippen LogP contribution in [-0.4, -0.2) is 71.2 Å². The number of sulfone groups is 1. The molecule has 0 N–H and O–H groups in total. The third-order valence-electron chi connectivity index (χ3n) is 5.62. The molecule has 140 valence electrons. The van der Waals surface area contributed by atoms with Crippen molar-refractivity contribution in [2.45, 2.75) is 32.1 Å². The van der Waals surface area contributed by atoms with Crippen LogP contribution in [-0.2, 0) is 22.9 Å². The van der Waals surface area contributed by atoms with Crippen LogP contribution in [0.4, 0.5) is 0 Å². The minimum Gasteiger partial charge on any atom is -0.297 e. The number of hydrogen-bond acceptors (Lipinski definition) is 5. The molecule has 2 fully saturated rings. The number of rotatable bonds is 5. The minimum absolute atomic E-state index is 0.123. The van der Waals surface area contributed by atoms with Crippen molar-refractivity contribution in [3.8, 4) is 0 Å². The SMILES string of the molecule is CCN1CCN(Cc2ccc(Cn3cccn3)cc2)[C@H]2CS(=O)(=O)C[C@H]21. The van der Waals surface area contributed by atoms with Gasteiger partial charge in [-0.1, -0.05) is 31.2 Å². The molecule has 6 nitrogen and oxygen atoms in total. The average Bonchev–Trinajstić information content (AvgIpc) is 3.23. The number of aromatic nitrogens is 2. The Morgan fingerprint density at radius 2 is 1.62 bits per heavy atom. The molecule has 3 heterocycles. The van der Waals surface area contributed by atoms with E-state index < -0.39 is 9.84 Å². The summed E-state index contributed by atoms with van der Waals surface area (Å²) in [5, 5.41) is 4.24. The molecular weight excluding hydrogens is 348 g/mol. The number of benzene rings is 1. The van der Waals surface area contributed by atoms with Gasteiger partial charge in [0.2, 0.25) is 0 Å². The fraction of sp³-hybridized carbons (Fsp3) is 0.526. The molecule has 0 saturated carbocycles. The van der Waals surface area contributed by atoms with Gasteiger partial charge in [-0.15, -0.1) is 0 Å². The van der Waals surface area contributed by atoms with Crippen molar-refractivity contribution in [2.75, 3.05) is 31.1 Å². The number of likely N-dealkylation sites (N-methyl/N-ethyl adjacent to an activating group) is 1. The second-order valence-electron chi connectivity index (χ2n) is 7.33. The summed E-state index contributed by atoms with van der Waals surface area (Å²) in [6, 6.07) is 10.8. The Hall–Kier alpha value is -1.70. The molecule has 2 atom stereocenters. The fourth-order valence-electron chi connectivity index (χ4n) is 4.25. The van der Waals surface area contributed by atoms with Crippen LogP contribution in [0.2, 0.25) is 0 Å². The van der Waals surface area contributed by atoms with E-state index in [1.165, 1.54) is 11.1 Å². The molecular formula is C19H26N4O2S. The number of nitrogens with zero attached hydrogens (tertiary/aromatic N) is 4. The number of hydrogen-bond donors (Lipinski definition) is 0. The quantitative estimate of drug-likeness (QED) is 0.788. The van der Waals surface area contributed by atoms with Gasteiger partial charge >= 0.3 is 0 Å². The van der Waals surface area contributed by atoms with Gasteiger partial charge in [-0.2, -0.15) is 5.10 Å². The van der Waals surface area contributed by atoms with E-state index in [0.717, 1.165) is 32.7 Å². The summed E-state index contributed by atoms with van der Waals surface area (Å²) in [5.74, 6) is 0.608. The first kappa shape index (κ1) is 17.7.